The summed E-state index contributed by atoms with van der Waals surface area (Å²) in [7, 11) is 0. The summed E-state index contributed by atoms with van der Waals surface area (Å²) >= 11 is 0. The Bertz CT molecular complexity index is 998. The summed E-state index contributed by atoms with van der Waals surface area (Å²) < 4.78 is 0. The SMILES string of the molecule is O=C(NCCc1ccccn1)[C@H]1CCCN(C(=O)c2cccc3ccccc23)C1. The van der Waals surface area contributed by atoms with Gasteiger partial charge in [-0.15, -0.1) is 0 Å². The van der Waals surface area contributed by atoms with Crippen LogP contribution in [0.3, 0.4) is 0 Å². The van der Waals surface area contributed by atoms with Crippen LogP contribution in [-0.2, 0) is 11.2 Å². The Morgan fingerprint density at radius 1 is 1.03 bits per heavy atom. The molecule has 1 saturated heterocycles. The molecule has 1 aromatic heterocycles. The third kappa shape index (κ3) is 4.45. The second-order valence-corrected chi connectivity index (χ2v) is 7.48. The van der Waals surface area contributed by atoms with Gasteiger partial charge in [-0.05, 0) is 41.8 Å². The van der Waals surface area contributed by atoms with Crippen molar-refractivity contribution in [3.8, 4) is 0 Å². The predicted octanol–water partition coefficient (Wildman–Crippen LogP) is 3.45. The highest BCUT2D eigenvalue weighted by atomic mass is 16.2. The first kappa shape index (κ1) is 19.1. The van der Waals surface area contributed by atoms with E-state index in [9.17, 15) is 9.59 Å². The Morgan fingerprint density at radius 2 is 1.86 bits per heavy atom. The van der Waals surface area contributed by atoms with Crippen LogP contribution in [0, 0.1) is 5.92 Å². The quantitative estimate of drug-likeness (QED) is 0.729. The van der Waals surface area contributed by atoms with E-state index < -0.39 is 0 Å². The minimum Gasteiger partial charge on any atom is -0.355 e. The number of nitrogens with zero attached hydrogens (tertiary/aromatic N) is 2. The number of carbonyl (C=O) groups excluding carboxylic acids is 2. The molecule has 1 aliphatic heterocycles. The van der Waals surface area contributed by atoms with Crippen LogP contribution in [0.5, 0.6) is 0 Å². The van der Waals surface area contributed by atoms with Crippen molar-refractivity contribution >= 4 is 22.6 Å². The zero-order valence-electron chi connectivity index (χ0n) is 16.4. The highest BCUT2D eigenvalue weighted by Crippen LogP contribution is 2.23. The second-order valence-electron chi connectivity index (χ2n) is 7.48. The molecular weight excluding hydrogens is 362 g/mol. The summed E-state index contributed by atoms with van der Waals surface area (Å²) in [6.07, 6.45) is 4.12. The maximum Gasteiger partial charge on any atom is 0.254 e. The van der Waals surface area contributed by atoms with Crippen molar-refractivity contribution in [2.45, 2.75) is 19.3 Å². The molecule has 1 N–H and O–H groups in total. The van der Waals surface area contributed by atoms with Crippen molar-refractivity contribution in [3.05, 3.63) is 78.1 Å². The van der Waals surface area contributed by atoms with Crippen LogP contribution >= 0.6 is 0 Å². The van der Waals surface area contributed by atoms with Gasteiger partial charge in [0, 0.05) is 43.5 Å². The van der Waals surface area contributed by atoms with Crippen LogP contribution in [0.15, 0.2) is 66.9 Å². The molecule has 2 aromatic carbocycles. The van der Waals surface area contributed by atoms with Crippen molar-refractivity contribution in [2.75, 3.05) is 19.6 Å². The monoisotopic (exact) mass is 387 g/mol. The van der Waals surface area contributed by atoms with Crippen molar-refractivity contribution in [1.29, 1.82) is 0 Å². The number of aromatic nitrogens is 1. The standard InChI is InChI=1S/C24H25N3O2/c28-23(26-15-13-20-10-3-4-14-25-20)19-9-6-16-27(17-19)24(29)22-12-5-8-18-7-1-2-11-21(18)22/h1-5,7-8,10-12,14,19H,6,9,13,15-17H2,(H,26,28)/t19-/m0/s1. The lowest BCUT2D eigenvalue weighted by Gasteiger charge is -2.32. The maximum absolute atomic E-state index is 13.2. The van der Waals surface area contributed by atoms with Crippen LogP contribution in [-0.4, -0.2) is 41.3 Å². The number of amides is 2. The van der Waals surface area contributed by atoms with Crippen molar-refractivity contribution in [2.24, 2.45) is 5.92 Å². The first-order chi connectivity index (χ1) is 14.2. The summed E-state index contributed by atoms with van der Waals surface area (Å²) in [4.78, 5) is 31.9. The highest BCUT2D eigenvalue weighted by molar-refractivity contribution is 6.07. The molecule has 3 aromatic rings. The average Bonchev–Trinajstić information content (AvgIpc) is 2.79. The number of hydrogen-bond acceptors (Lipinski definition) is 3. The van der Waals surface area contributed by atoms with Gasteiger partial charge < -0.3 is 10.2 Å². The van der Waals surface area contributed by atoms with Crippen molar-refractivity contribution < 1.29 is 9.59 Å². The number of hydrogen-bond donors (Lipinski definition) is 1. The molecule has 0 radical (unpaired) electrons. The summed E-state index contributed by atoms with van der Waals surface area (Å²) in [6.45, 7) is 1.72. The third-order valence-electron chi connectivity index (χ3n) is 5.51. The Kier molecular flexibility index (Phi) is 5.84. The smallest absolute Gasteiger partial charge is 0.254 e. The van der Waals surface area contributed by atoms with Gasteiger partial charge in [-0.25, -0.2) is 0 Å². The molecular formula is C24H25N3O2. The highest BCUT2D eigenvalue weighted by Gasteiger charge is 2.29. The van der Waals surface area contributed by atoms with Crippen LogP contribution in [0.2, 0.25) is 0 Å². The minimum absolute atomic E-state index is 0.00721. The minimum atomic E-state index is -0.161. The van der Waals surface area contributed by atoms with Crippen LogP contribution < -0.4 is 5.32 Å². The summed E-state index contributed by atoms with van der Waals surface area (Å²) in [5.74, 6) is -0.129. The Balaban J connectivity index is 1.38. The number of likely N-dealkylation sites (tertiary alicyclic amines) is 1. The van der Waals surface area contributed by atoms with Crippen LogP contribution in [0.4, 0.5) is 0 Å². The Hall–Kier alpha value is -3.21. The Morgan fingerprint density at radius 3 is 2.72 bits per heavy atom. The molecule has 0 saturated carbocycles. The molecule has 0 spiro atoms. The average molecular weight is 387 g/mol. The fourth-order valence-corrected chi connectivity index (χ4v) is 3.96. The van der Waals surface area contributed by atoms with E-state index in [1.54, 1.807) is 6.20 Å². The molecule has 2 amide bonds. The van der Waals surface area contributed by atoms with E-state index in [0.717, 1.165) is 29.3 Å². The fourth-order valence-electron chi connectivity index (χ4n) is 3.96. The van der Waals surface area contributed by atoms with Gasteiger partial charge in [-0.1, -0.05) is 42.5 Å². The van der Waals surface area contributed by atoms with Gasteiger partial charge >= 0.3 is 0 Å². The largest absolute Gasteiger partial charge is 0.355 e. The van der Waals surface area contributed by atoms with E-state index in [0.29, 0.717) is 31.6 Å². The molecule has 148 valence electrons. The van der Waals surface area contributed by atoms with Crippen LogP contribution in [0.1, 0.15) is 28.9 Å². The molecule has 1 fully saturated rings. The fraction of sp³-hybridized carbons (Fsp3) is 0.292. The molecule has 1 aliphatic rings. The molecule has 0 unspecified atom stereocenters. The lowest BCUT2D eigenvalue weighted by atomic mass is 9.95. The molecule has 0 aliphatic carbocycles. The van der Waals surface area contributed by atoms with Gasteiger partial charge in [0.1, 0.15) is 0 Å². The maximum atomic E-state index is 13.2. The number of fused-ring (bicyclic) bond motifs is 1. The first-order valence-electron chi connectivity index (χ1n) is 10.2. The topological polar surface area (TPSA) is 62.3 Å². The van der Waals surface area contributed by atoms with E-state index in [1.807, 2.05) is 65.6 Å². The molecule has 4 rings (SSSR count). The predicted molar refractivity (Wildman–Crippen MR) is 114 cm³/mol. The van der Waals surface area contributed by atoms with Gasteiger partial charge in [-0.2, -0.15) is 0 Å². The lowest BCUT2D eigenvalue weighted by Crippen LogP contribution is -2.45. The second kappa shape index (κ2) is 8.86. The summed E-state index contributed by atoms with van der Waals surface area (Å²) in [5.41, 5.74) is 1.67. The number of carbonyl (C=O) groups is 2. The number of benzene rings is 2. The van der Waals surface area contributed by atoms with Gasteiger partial charge in [0.15, 0.2) is 0 Å². The lowest BCUT2D eigenvalue weighted by molar-refractivity contribution is -0.126. The van der Waals surface area contributed by atoms with E-state index in [1.165, 1.54) is 0 Å². The number of rotatable bonds is 5. The van der Waals surface area contributed by atoms with Gasteiger partial charge in [0.2, 0.25) is 5.91 Å². The normalized spacial score (nSPS) is 16.6. The zero-order chi connectivity index (χ0) is 20.1. The summed E-state index contributed by atoms with van der Waals surface area (Å²) in [5, 5.41) is 5.03. The molecule has 0 bridgehead atoms. The molecule has 1 atom stereocenters. The molecule has 5 heteroatoms. The molecule has 5 nitrogen and oxygen atoms in total. The van der Waals surface area contributed by atoms with E-state index in [4.69, 9.17) is 0 Å². The number of pyridine rings is 1. The summed E-state index contributed by atoms with van der Waals surface area (Å²) in [6, 6.07) is 19.5. The van der Waals surface area contributed by atoms with Crippen LogP contribution in [0.25, 0.3) is 10.8 Å². The number of piperidine rings is 1. The Labute approximate surface area is 170 Å². The number of nitrogens with one attached hydrogen (secondary N) is 1. The first-order valence-corrected chi connectivity index (χ1v) is 10.2. The molecule has 2 heterocycles. The zero-order valence-corrected chi connectivity index (χ0v) is 16.4. The van der Waals surface area contributed by atoms with Gasteiger partial charge in [-0.3, -0.25) is 14.6 Å². The van der Waals surface area contributed by atoms with E-state index in [-0.39, 0.29) is 17.7 Å². The van der Waals surface area contributed by atoms with Crippen molar-refractivity contribution in [3.63, 3.8) is 0 Å². The van der Waals surface area contributed by atoms with Crippen molar-refractivity contribution in [1.82, 2.24) is 15.2 Å². The third-order valence-corrected chi connectivity index (χ3v) is 5.51. The molecule has 29 heavy (non-hydrogen) atoms. The van der Waals surface area contributed by atoms with Gasteiger partial charge in [0.25, 0.3) is 5.91 Å². The van der Waals surface area contributed by atoms with E-state index >= 15 is 0 Å². The van der Waals surface area contributed by atoms with Gasteiger partial charge in [0.05, 0.1) is 5.92 Å². The van der Waals surface area contributed by atoms with E-state index in [2.05, 4.69) is 10.3 Å².